The molecule has 10 heteroatoms. The largest absolute Gasteiger partial charge is 0.396 e. The van der Waals surface area contributed by atoms with Crippen LogP contribution in [0.15, 0.2) is 30.6 Å². The molecule has 4 rings (SSSR count). The molecular weight excluding hydrogens is 410 g/mol. The summed E-state index contributed by atoms with van der Waals surface area (Å²) in [5.74, 6) is 0.551. The molecule has 4 aromatic heterocycles. The van der Waals surface area contributed by atoms with Gasteiger partial charge in [0.2, 0.25) is 5.91 Å². The van der Waals surface area contributed by atoms with Crippen molar-refractivity contribution in [1.82, 2.24) is 29.8 Å². The number of aryl methyl sites for hydroxylation is 1. The summed E-state index contributed by atoms with van der Waals surface area (Å²) in [6.07, 6.45) is 2.38. The third-order valence-corrected chi connectivity index (χ3v) is 5.36. The third kappa shape index (κ3) is 4.14. The molecule has 0 unspecified atom stereocenters. The highest BCUT2D eigenvalue weighted by Crippen LogP contribution is 2.31. The molecule has 10 nitrogen and oxygen atoms in total. The van der Waals surface area contributed by atoms with E-state index in [1.807, 2.05) is 42.9 Å². The lowest BCUT2D eigenvalue weighted by Crippen LogP contribution is -2.30. The van der Waals surface area contributed by atoms with Gasteiger partial charge >= 0.3 is 0 Å². The van der Waals surface area contributed by atoms with Crippen LogP contribution in [0.5, 0.6) is 0 Å². The minimum Gasteiger partial charge on any atom is -0.396 e. The quantitative estimate of drug-likeness (QED) is 0.316. The van der Waals surface area contributed by atoms with Gasteiger partial charge in [-0.05, 0) is 24.6 Å². The molecule has 0 bridgehead atoms. The minimum absolute atomic E-state index is 0.0668. The lowest BCUT2D eigenvalue weighted by atomic mass is 10.1. The molecule has 32 heavy (non-hydrogen) atoms. The van der Waals surface area contributed by atoms with E-state index in [9.17, 15) is 9.90 Å². The fourth-order valence-corrected chi connectivity index (χ4v) is 3.79. The Morgan fingerprint density at radius 2 is 2.19 bits per heavy atom. The molecule has 0 saturated carbocycles. The fraction of sp³-hybridized carbons (Fsp3) is 0.364. The van der Waals surface area contributed by atoms with Crippen molar-refractivity contribution >= 4 is 33.8 Å². The molecule has 4 heterocycles. The summed E-state index contributed by atoms with van der Waals surface area (Å²) in [6.45, 7) is 0.271. The van der Waals surface area contributed by atoms with Crippen LogP contribution in [-0.2, 0) is 16.6 Å². The Kier molecular flexibility index (Phi) is 6.33. The molecule has 0 saturated heterocycles. The van der Waals surface area contributed by atoms with Gasteiger partial charge in [0.05, 0.1) is 41.6 Å². The van der Waals surface area contributed by atoms with E-state index in [1.54, 1.807) is 13.4 Å². The van der Waals surface area contributed by atoms with E-state index in [0.29, 0.717) is 24.5 Å². The van der Waals surface area contributed by atoms with E-state index in [0.717, 1.165) is 33.5 Å². The zero-order valence-corrected chi connectivity index (χ0v) is 18.3. The van der Waals surface area contributed by atoms with Crippen LogP contribution >= 0.6 is 0 Å². The van der Waals surface area contributed by atoms with Crippen molar-refractivity contribution in [2.45, 2.75) is 18.9 Å². The van der Waals surface area contributed by atoms with Crippen molar-refractivity contribution in [2.75, 3.05) is 32.7 Å². The number of amides is 1. The number of methoxy groups -OCH3 is 1. The van der Waals surface area contributed by atoms with Gasteiger partial charge in [-0.2, -0.15) is 0 Å². The normalized spacial score (nSPS) is 12.4. The second-order valence-electron chi connectivity index (χ2n) is 7.53. The number of aromatic nitrogens is 5. The molecule has 0 aliphatic heterocycles. The van der Waals surface area contributed by atoms with Gasteiger partial charge in [-0.1, -0.05) is 6.07 Å². The maximum absolute atomic E-state index is 12.2. The summed E-state index contributed by atoms with van der Waals surface area (Å²) >= 11 is 0. The number of pyridine rings is 2. The second kappa shape index (κ2) is 9.33. The smallest absolute Gasteiger partial charge is 0.222 e. The summed E-state index contributed by atoms with van der Waals surface area (Å²) in [4.78, 5) is 29.4. The highest BCUT2D eigenvalue weighted by molar-refractivity contribution is 6.07. The number of fused-ring (bicyclic) bond motifs is 3. The van der Waals surface area contributed by atoms with E-state index in [4.69, 9.17) is 9.72 Å². The first kappa shape index (κ1) is 21.7. The monoisotopic (exact) mass is 437 g/mol. The van der Waals surface area contributed by atoms with Gasteiger partial charge in [0.15, 0.2) is 5.82 Å². The number of nitrogens with one attached hydrogen (secondary N) is 3. The molecule has 4 aromatic rings. The van der Waals surface area contributed by atoms with Gasteiger partial charge in [-0.3, -0.25) is 4.79 Å². The van der Waals surface area contributed by atoms with Crippen LogP contribution in [-0.4, -0.2) is 62.9 Å². The number of rotatable bonds is 9. The van der Waals surface area contributed by atoms with Crippen molar-refractivity contribution in [3.8, 4) is 11.4 Å². The van der Waals surface area contributed by atoms with Crippen LogP contribution in [0.25, 0.3) is 33.5 Å². The van der Waals surface area contributed by atoms with E-state index in [1.165, 1.54) is 0 Å². The molecular formula is C22H27N7O3. The Balaban J connectivity index is 1.71. The number of aliphatic hydroxyl groups is 1. The van der Waals surface area contributed by atoms with Crippen molar-refractivity contribution in [2.24, 2.45) is 7.05 Å². The first-order valence-electron chi connectivity index (χ1n) is 10.4. The molecule has 0 aromatic carbocycles. The Labute approximate surface area is 185 Å². The second-order valence-corrected chi connectivity index (χ2v) is 7.53. The summed E-state index contributed by atoms with van der Waals surface area (Å²) in [7, 11) is 5.32. The Morgan fingerprint density at radius 3 is 2.94 bits per heavy atom. The summed E-state index contributed by atoms with van der Waals surface area (Å²) < 4.78 is 6.94. The summed E-state index contributed by atoms with van der Waals surface area (Å²) in [6, 6.07) is 7.25. The molecule has 4 N–H and O–H groups in total. The van der Waals surface area contributed by atoms with Crippen molar-refractivity contribution in [1.29, 1.82) is 0 Å². The fourth-order valence-electron chi connectivity index (χ4n) is 3.79. The summed E-state index contributed by atoms with van der Waals surface area (Å²) in [5, 5.41) is 16.5. The zero-order chi connectivity index (χ0) is 22.7. The van der Waals surface area contributed by atoms with Crippen molar-refractivity contribution in [3.63, 3.8) is 0 Å². The first-order valence-corrected chi connectivity index (χ1v) is 10.4. The van der Waals surface area contributed by atoms with Gasteiger partial charge in [0.25, 0.3) is 0 Å². The lowest BCUT2D eigenvalue weighted by molar-refractivity contribution is -0.122. The number of carbonyl (C=O) groups excluding carboxylic acids is 1. The SMILES string of the molecule is CNc1nc2[nH]c(-c3cccc([C@H](CCO)NC(=O)CCOC)n3)cc2c2c1ncn2C. The average Bonchev–Trinajstić information content (AvgIpc) is 3.40. The van der Waals surface area contributed by atoms with Gasteiger partial charge in [-0.15, -0.1) is 0 Å². The number of anilines is 1. The van der Waals surface area contributed by atoms with Gasteiger partial charge in [0, 0.05) is 39.6 Å². The third-order valence-electron chi connectivity index (χ3n) is 5.36. The number of ether oxygens (including phenoxy) is 1. The van der Waals surface area contributed by atoms with Crippen molar-refractivity contribution < 1.29 is 14.6 Å². The molecule has 0 radical (unpaired) electrons. The number of hydrogen-bond acceptors (Lipinski definition) is 7. The van der Waals surface area contributed by atoms with E-state index in [-0.39, 0.29) is 18.9 Å². The molecule has 0 fully saturated rings. The van der Waals surface area contributed by atoms with Crippen LogP contribution in [0.2, 0.25) is 0 Å². The van der Waals surface area contributed by atoms with E-state index >= 15 is 0 Å². The van der Waals surface area contributed by atoms with Crippen molar-refractivity contribution in [3.05, 3.63) is 36.3 Å². The molecule has 0 aliphatic rings. The van der Waals surface area contributed by atoms with Crippen LogP contribution in [0.3, 0.4) is 0 Å². The van der Waals surface area contributed by atoms with E-state index < -0.39 is 6.04 Å². The molecule has 0 spiro atoms. The van der Waals surface area contributed by atoms with E-state index in [2.05, 4.69) is 25.6 Å². The number of H-pyrrole nitrogens is 1. The number of imidazole rings is 1. The maximum Gasteiger partial charge on any atom is 0.222 e. The standard InChI is InChI=1S/C22H27N7O3/c1-23-22-19-20(29(2)12-24-19)13-11-17(27-21(13)28-22)15-6-4-5-14(25-15)16(7-9-30)26-18(31)8-10-32-3/h4-6,11-12,16,30H,7-10H2,1-3H3,(H,26,31)(H2,23,27,28)/t16-/m0/s1. The van der Waals surface area contributed by atoms with Crippen LogP contribution in [0, 0.1) is 0 Å². The Morgan fingerprint density at radius 1 is 1.34 bits per heavy atom. The number of carbonyl (C=O) groups is 1. The van der Waals surface area contributed by atoms with Gasteiger partial charge in [-0.25, -0.2) is 15.0 Å². The minimum atomic E-state index is -0.397. The average molecular weight is 438 g/mol. The zero-order valence-electron chi connectivity index (χ0n) is 18.3. The highest BCUT2D eigenvalue weighted by Gasteiger charge is 2.18. The molecule has 168 valence electrons. The number of aliphatic hydroxyl groups excluding tert-OH is 1. The van der Waals surface area contributed by atoms with Crippen LogP contribution in [0.4, 0.5) is 5.82 Å². The van der Waals surface area contributed by atoms with Gasteiger partial charge < -0.3 is 30.0 Å². The number of hydrogen-bond donors (Lipinski definition) is 4. The highest BCUT2D eigenvalue weighted by atomic mass is 16.5. The topological polar surface area (TPSA) is 130 Å². The maximum atomic E-state index is 12.2. The number of nitrogens with zero attached hydrogens (tertiary/aromatic N) is 4. The lowest BCUT2D eigenvalue weighted by Gasteiger charge is -2.18. The van der Waals surface area contributed by atoms with Gasteiger partial charge in [0.1, 0.15) is 11.2 Å². The predicted molar refractivity (Wildman–Crippen MR) is 122 cm³/mol. The Hall–Kier alpha value is -3.50. The number of aromatic amines is 1. The summed E-state index contributed by atoms with van der Waals surface area (Å²) in [5.41, 5.74) is 4.70. The Bertz CT molecular complexity index is 1250. The molecule has 1 amide bonds. The first-order chi connectivity index (χ1) is 15.5. The predicted octanol–water partition coefficient (Wildman–Crippen LogP) is 2.13. The van der Waals surface area contributed by atoms with Crippen LogP contribution < -0.4 is 10.6 Å². The van der Waals surface area contributed by atoms with Crippen LogP contribution in [0.1, 0.15) is 24.6 Å². The molecule has 1 atom stereocenters. The molecule has 0 aliphatic carbocycles.